The number of anilines is 2. The van der Waals surface area contributed by atoms with Crippen molar-refractivity contribution in [1.82, 2.24) is 0 Å². The van der Waals surface area contributed by atoms with Crippen molar-refractivity contribution in [3.8, 4) is 23.0 Å². The van der Waals surface area contributed by atoms with Gasteiger partial charge in [0, 0.05) is 36.6 Å². The summed E-state index contributed by atoms with van der Waals surface area (Å²) in [6, 6.07) is 23.2. The van der Waals surface area contributed by atoms with E-state index >= 15 is 0 Å². The standard InChI is InChI=1S/C26H23F6NO4.C17H18F3NO2/c1-36-21-11-10-20(15-22(21)37-2)33(13-12-16-6-8-18(9-7-16)25(27,28)29)24(35)23(34)17-4-3-5-19(14-17)26(30,31)32;1-22-15-8-7-14(11-16(15)23-2)21-10-9-12-3-5-13(6-4-12)17(18,19)20/h3-11,14-15,23,34H,12-13H2,1-2H3;3-8,11,21H,9-10H2,1-2H3. The monoisotopic (exact) mass is 852 g/mol. The number of nitrogens with zero attached hydrogens (tertiary/aromatic N) is 1. The second-order valence-corrected chi connectivity index (χ2v) is 12.9. The van der Waals surface area contributed by atoms with Gasteiger partial charge in [0.2, 0.25) is 0 Å². The first kappa shape index (κ1) is 46.6. The maximum Gasteiger partial charge on any atom is 0.416 e. The number of nitrogens with one attached hydrogen (secondary N) is 1. The zero-order valence-electron chi connectivity index (χ0n) is 32.6. The van der Waals surface area contributed by atoms with E-state index in [1.165, 1.54) is 62.8 Å². The average Bonchev–Trinajstić information content (AvgIpc) is 3.22. The lowest BCUT2D eigenvalue weighted by Crippen LogP contribution is -2.37. The van der Waals surface area contributed by atoms with Gasteiger partial charge < -0.3 is 34.3 Å². The maximum atomic E-state index is 13.3. The van der Waals surface area contributed by atoms with Gasteiger partial charge in [-0.15, -0.1) is 0 Å². The van der Waals surface area contributed by atoms with Crippen LogP contribution in [0.25, 0.3) is 0 Å². The van der Waals surface area contributed by atoms with Crippen LogP contribution in [-0.4, -0.2) is 52.5 Å². The molecule has 0 saturated carbocycles. The van der Waals surface area contributed by atoms with E-state index in [0.29, 0.717) is 41.8 Å². The van der Waals surface area contributed by atoms with E-state index < -0.39 is 47.2 Å². The summed E-state index contributed by atoms with van der Waals surface area (Å²) in [7, 11) is 5.90. The van der Waals surface area contributed by atoms with Crippen LogP contribution in [0.3, 0.4) is 0 Å². The summed E-state index contributed by atoms with van der Waals surface area (Å²) >= 11 is 0. The fourth-order valence-corrected chi connectivity index (χ4v) is 5.79. The van der Waals surface area contributed by atoms with Crippen molar-refractivity contribution < 1.29 is 68.4 Å². The Morgan fingerprint density at radius 2 is 1.07 bits per heavy atom. The predicted molar refractivity (Wildman–Crippen MR) is 207 cm³/mol. The number of aliphatic hydroxyl groups is 1. The zero-order valence-corrected chi connectivity index (χ0v) is 32.6. The number of alkyl halides is 9. The zero-order chi connectivity index (χ0) is 44.3. The van der Waals surface area contributed by atoms with Crippen molar-refractivity contribution >= 4 is 17.3 Å². The molecule has 8 nitrogen and oxygen atoms in total. The van der Waals surface area contributed by atoms with E-state index in [-0.39, 0.29) is 30.0 Å². The molecular formula is C43H41F9N2O6. The topological polar surface area (TPSA) is 89.5 Å². The summed E-state index contributed by atoms with van der Waals surface area (Å²) < 4.78 is 136. The number of rotatable bonds is 14. The molecule has 5 aromatic rings. The Morgan fingerprint density at radius 3 is 1.57 bits per heavy atom. The summed E-state index contributed by atoms with van der Waals surface area (Å²) in [5, 5.41) is 13.9. The molecule has 17 heteroatoms. The van der Waals surface area contributed by atoms with Crippen LogP contribution >= 0.6 is 0 Å². The van der Waals surface area contributed by atoms with Crippen LogP contribution in [0.15, 0.2) is 109 Å². The van der Waals surface area contributed by atoms with E-state index in [0.717, 1.165) is 52.5 Å². The fourth-order valence-electron chi connectivity index (χ4n) is 5.79. The Balaban J connectivity index is 0.000000295. The Hall–Kier alpha value is -6.10. The second-order valence-electron chi connectivity index (χ2n) is 12.9. The van der Waals surface area contributed by atoms with Crippen LogP contribution in [0.2, 0.25) is 0 Å². The minimum Gasteiger partial charge on any atom is -0.493 e. The molecule has 0 bridgehead atoms. The van der Waals surface area contributed by atoms with Crippen molar-refractivity contribution in [3.05, 3.63) is 143 Å². The van der Waals surface area contributed by atoms with Crippen molar-refractivity contribution in [1.29, 1.82) is 0 Å². The van der Waals surface area contributed by atoms with E-state index in [4.69, 9.17) is 18.9 Å². The van der Waals surface area contributed by atoms with Gasteiger partial charge in [0.25, 0.3) is 5.91 Å². The molecular weight excluding hydrogens is 811 g/mol. The first-order valence-electron chi connectivity index (χ1n) is 18.0. The molecule has 0 heterocycles. The number of benzene rings is 5. The lowest BCUT2D eigenvalue weighted by atomic mass is 10.0. The van der Waals surface area contributed by atoms with Gasteiger partial charge in [-0.2, -0.15) is 39.5 Å². The quantitative estimate of drug-likeness (QED) is 0.108. The Morgan fingerprint density at radius 1 is 0.583 bits per heavy atom. The number of ether oxygens (including phenoxy) is 4. The van der Waals surface area contributed by atoms with Gasteiger partial charge in [-0.05, 0) is 90.2 Å². The highest BCUT2D eigenvalue weighted by atomic mass is 19.4. The molecule has 0 radical (unpaired) electrons. The number of aliphatic hydroxyl groups excluding tert-OH is 1. The molecule has 5 aromatic carbocycles. The summed E-state index contributed by atoms with van der Waals surface area (Å²) in [6.45, 7) is 0.497. The molecule has 0 aliphatic rings. The molecule has 0 aliphatic carbocycles. The number of hydrogen-bond donors (Lipinski definition) is 2. The van der Waals surface area contributed by atoms with Crippen LogP contribution in [0.5, 0.6) is 23.0 Å². The first-order valence-corrected chi connectivity index (χ1v) is 18.0. The molecule has 0 fully saturated rings. The Bertz CT molecular complexity index is 2160. The second kappa shape index (κ2) is 20.2. The van der Waals surface area contributed by atoms with Crippen LogP contribution in [-0.2, 0) is 36.2 Å². The van der Waals surface area contributed by atoms with Gasteiger partial charge >= 0.3 is 18.5 Å². The van der Waals surface area contributed by atoms with Crippen LogP contribution in [0, 0.1) is 0 Å². The highest BCUT2D eigenvalue weighted by Gasteiger charge is 2.33. The summed E-state index contributed by atoms with van der Waals surface area (Å²) in [4.78, 5) is 14.5. The van der Waals surface area contributed by atoms with Crippen LogP contribution in [0.1, 0.15) is 39.5 Å². The van der Waals surface area contributed by atoms with Gasteiger partial charge in [-0.25, -0.2) is 0 Å². The number of halogens is 9. The highest BCUT2D eigenvalue weighted by Crippen LogP contribution is 2.36. The fraction of sp³-hybridized carbons (Fsp3) is 0.279. The molecule has 0 saturated heterocycles. The molecule has 0 aliphatic heterocycles. The van der Waals surface area contributed by atoms with Gasteiger partial charge in [0.05, 0.1) is 45.1 Å². The minimum atomic E-state index is -4.68. The van der Waals surface area contributed by atoms with E-state index in [9.17, 15) is 49.4 Å². The molecule has 1 atom stereocenters. The molecule has 1 amide bonds. The number of amides is 1. The number of carbonyl (C=O) groups excluding carboxylic acids is 1. The van der Waals surface area contributed by atoms with E-state index in [2.05, 4.69) is 5.32 Å². The lowest BCUT2D eigenvalue weighted by molar-refractivity contribution is -0.138. The minimum absolute atomic E-state index is 0.0908. The molecule has 0 aromatic heterocycles. The van der Waals surface area contributed by atoms with Crippen LogP contribution < -0.4 is 29.2 Å². The number of hydrogen-bond acceptors (Lipinski definition) is 7. The summed E-state index contributed by atoms with van der Waals surface area (Å²) in [5.41, 5.74) is -0.349. The van der Waals surface area contributed by atoms with Crippen molar-refractivity contribution in [2.24, 2.45) is 0 Å². The normalized spacial score (nSPS) is 12.1. The number of carbonyl (C=O) groups is 1. The molecule has 1 unspecified atom stereocenters. The molecule has 2 N–H and O–H groups in total. The molecule has 0 spiro atoms. The van der Waals surface area contributed by atoms with E-state index in [1.54, 1.807) is 20.3 Å². The SMILES string of the molecule is COc1ccc(N(CCc2ccc(C(F)(F)F)cc2)C(=O)C(O)c2cccc(C(F)(F)F)c2)cc1OC.COc1ccc(NCCc2ccc(C(F)(F)F)cc2)cc1OC. The molecule has 60 heavy (non-hydrogen) atoms. The lowest BCUT2D eigenvalue weighted by Gasteiger charge is -2.26. The average molecular weight is 853 g/mol. The van der Waals surface area contributed by atoms with Gasteiger partial charge in [0.1, 0.15) is 0 Å². The maximum absolute atomic E-state index is 13.3. The Labute approximate surface area is 340 Å². The van der Waals surface area contributed by atoms with Crippen molar-refractivity contribution in [2.75, 3.05) is 51.7 Å². The summed E-state index contributed by atoms with van der Waals surface area (Å²) in [5.74, 6) is 0.923. The van der Waals surface area contributed by atoms with Gasteiger partial charge in [-0.1, -0.05) is 36.4 Å². The first-order chi connectivity index (χ1) is 28.3. The molecule has 5 rings (SSSR count). The Kier molecular flexibility index (Phi) is 15.7. The van der Waals surface area contributed by atoms with Crippen molar-refractivity contribution in [2.45, 2.75) is 37.5 Å². The third-order valence-corrected chi connectivity index (χ3v) is 9.02. The van der Waals surface area contributed by atoms with Crippen LogP contribution in [0.4, 0.5) is 50.9 Å². The highest BCUT2D eigenvalue weighted by molar-refractivity contribution is 5.97. The molecule has 322 valence electrons. The predicted octanol–water partition coefficient (Wildman–Crippen LogP) is 10.4. The summed E-state index contributed by atoms with van der Waals surface area (Å²) in [6.07, 6.45) is -14.7. The van der Waals surface area contributed by atoms with Crippen molar-refractivity contribution in [3.63, 3.8) is 0 Å². The third kappa shape index (κ3) is 12.7. The smallest absolute Gasteiger partial charge is 0.416 e. The van der Waals surface area contributed by atoms with Gasteiger partial charge in [-0.3, -0.25) is 4.79 Å². The number of methoxy groups -OCH3 is 4. The van der Waals surface area contributed by atoms with E-state index in [1.807, 2.05) is 12.1 Å². The third-order valence-electron chi connectivity index (χ3n) is 9.02. The largest absolute Gasteiger partial charge is 0.493 e. The van der Waals surface area contributed by atoms with Gasteiger partial charge in [0.15, 0.2) is 29.1 Å².